The molecule has 35 heavy (non-hydrogen) atoms. The van der Waals surface area contributed by atoms with Crippen molar-refractivity contribution in [1.29, 1.82) is 0 Å². The highest BCUT2D eigenvalue weighted by molar-refractivity contribution is 5.86. The fourth-order valence-corrected chi connectivity index (χ4v) is 5.60. The number of nitrogens with zero attached hydrogens (tertiary/aromatic N) is 2. The fraction of sp³-hybridized carbons (Fsp3) is 0.310. The normalized spacial score (nSPS) is 16.7. The number of hydrogen-bond acceptors (Lipinski definition) is 4. The van der Waals surface area contributed by atoms with Crippen molar-refractivity contribution in [2.45, 2.75) is 46.2 Å². The van der Waals surface area contributed by atoms with Crippen molar-refractivity contribution in [2.75, 3.05) is 13.7 Å². The van der Waals surface area contributed by atoms with Crippen LogP contribution in [0.15, 0.2) is 60.7 Å². The number of rotatable bonds is 5. The number of ether oxygens (including phenoxy) is 2. The summed E-state index contributed by atoms with van der Waals surface area (Å²) in [5.41, 5.74) is 6.70. The van der Waals surface area contributed by atoms with Gasteiger partial charge in [-0.15, -0.1) is 0 Å². The zero-order chi connectivity index (χ0) is 23.2. The molecule has 0 saturated heterocycles. The van der Waals surface area contributed by atoms with Crippen molar-refractivity contribution in [3.63, 3.8) is 0 Å². The van der Waals surface area contributed by atoms with Crippen LogP contribution in [0.25, 0.3) is 10.9 Å². The molecule has 0 spiro atoms. The average molecular weight is 475 g/mol. The second kappa shape index (κ2) is 9.36. The van der Waals surface area contributed by atoms with E-state index < -0.39 is 0 Å². The van der Waals surface area contributed by atoms with E-state index in [0.29, 0.717) is 6.61 Å². The number of halogens is 1. The van der Waals surface area contributed by atoms with Crippen LogP contribution in [-0.2, 0) is 32.7 Å². The lowest BCUT2D eigenvalue weighted by molar-refractivity contribution is 0.145. The third-order valence-corrected chi connectivity index (χ3v) is 7.27. The van der Waals surface area contributed by atoms with E-state index in [1.807, 2.05) is 34.9 Å². The SMILES string of the molecule is C.COc1cc2c(cc1OCc1ccccc1)C1Cc3c(n(CO)c4ccc(F)cc34)CN1CC2. The van der Waals surface area contributed by atoms with Gasteiger partial charge < -0.3 is 19.1 Å². The summed E-state index contributed by atoms with van der Waals surface area (Å²) >= 11 is 0. The first-order chi connectivity index (χ1) is 16.7. The molecule has 1 N–H and O–H groups in total. The average Bonchev–Trinajstić information content (AvgIpc) is 3.17. The standard InChI is InChI=1S/C28H27FN2O3.CH4/c1-33-27-11-19-9-10-30-15-26-23(22-12-20(29)7-8-24(22)31(26)17-32)13-25(30)21(19)14-28(27)34-16-18-5-3-2-4-6-18;/h2-8,11-12,14,25,32H,9-10,13,15-17H2,1H3;1H4. The largest absolute Gasteiger partial charge is 0.493 e. The summed E-state index contributed by atoms with van der Waals surface area (Å²) in [6.07, 6.45) is 1.68. The lowest BCUT2D eigenvalue weighted by Crippen LogP contribution is -2.39. The van der Waals surface area contributed by atoms with Gasteiger partial charge in [0.2, 0.25) is 0 Å². The number of fused-ring (bicyclic) bond motifs is 6. The molecular weight excluding hydrogens is 443 g/mol. The van der Waals surface area contributed by atoms with Crippen LogP contribution in [0.4, 0.5) is 4.39 Å². The summed E-state index contributed by atoms with van der Waals surface area (Å²) < 4.78 is 27.9. The van der Waals surface area contributed by atoms with Crippen LogP contribution in [-0.4, -0.2) is 28.2 Å². The lowest BCUT2D eigenvalue weighted by atomic mass is 9.85. The van der Waals surface area contributed by atoms with Gasteiger partial charge in [-0.3, -0.25) is 4.90 Å². The van der Waals surface area contributed by atoms with Crippen molar-refractivity contribution in [1.82, 2.24) is 9.47 Å². The molecule has 2 aliphatic rings. The topological polar surface area (TPSA) is 46.9 Å². The molecule has 3 aromatic carbocycles. The highest BCUT2D eigenvalue weighted by atomic mass is 19.1. The number of methoxy groups -OCH3 is 1. The van der Waals surface area contributed by atoms with Crippen molar-refractivity contribution >= 4 is 10.9 Å². The molecule has 1 aromatic heterocycles. The van der Waals surface area contributed by atoms with Gasteiger partial charge in [0.05, 0.1) is 12.6 Å². The first-order valence-corrected chi connectivity index (χ1v) is 11.7. The third-order valence-electron chi connectivity index (χ3n) is 7.27. The van der Waals surface area contributed by atoms with Crippen LogP contribution < -0.4 is 9.47 Å². The van der Waals surface area contributed by atoms with Gasteiger partial charge in [0, 0.05) is 30.2 Å². The van der Waals surface area contributed by atoms with E-state index in [1.54, 1.807) is 19.2 Å². The maximum Gasteiger partial charge on any atom is 0.162 e. The summed E-state index contributed by atoms with van der Waals surface area (Å²) in [5, 5.41) is 11.0. The Bertz CT molecular complexity index is 1370. The Morgan fingerprint density at radius 1 is 1.06 bits per heavy atom. The number of aromatic nitrogens is 1. The molecule has 6 heteroatoms. The highest BCUT2D eigenvalue weighted by Crippen LogP contribution is 2.44. The van der Waals surface area contributed by atoms with E-state index in [2.05, 4.69) is 17.0 Å². The Morgan fingerprint density at radius 2 is 1.89 bits per heavy atom. The van der Waals surface area contributed by atoms with Crippen LogP contribution in [0.3, 0.4) is 0 Å². The molecule has 6 rings (SSSR count). The maximum atomic E-state index is 14.1. The quantitative estimate of drug-likeness (QED) is 0.409. The molecule has 2 aliphatic heterocycles. The Morgan fingerprint density at radius 3 is 2.66 bits per heavy atom. The van der Waals surface area contributed by atoms with Gasteiger partial charge in [-0.25, -0.2) is 4.39 Å². The van der Waals surface area contributed by atoms with Gasteiger partial charge in [0.1, 0.15) is 19.2 Å². The van der Waals surface area contributed by atoms with Gasteiger partial charge >= 0.3 is 0 Å². The second-order valence-electron chi connectivity index (χ2n) is 9.07. The molecule has 1 atom stereocenters. The maximum absolute atomic E-state index is 14.1. The van der Waals surface area contributed by atoms with Crippen molar-refractivity contribution < 1.29 is 19.0 Å². The number of aliphatic hydroxyl groups excluding tert-OH is 1. The van der Waals surface area contributed by atoms with Crippen LogP contribution in [0.5, 0.6) is 11.5 Å². The molecule has 0 radical (unpaired) electrons. The molecular formula is C29H31FN2O3. The third kappa shape index (κ3) is 3.97. The molecule has 4 aromatic rings. The first-order valence-electron chi connectivity index (χ1n) is 11.7. The van der Waals surface area contributed by atoms with E-state index in [1.165, 1.54) is 17.2 Å². The predicted octanol–water partition coefficient (Wildman–Crippen LogP) is 5.61. The van der Waals surface area contributed by atoms with Gasteiger partial charge in [-0.2, -0.15) is 0 Å². The van der Waals surface area contributed by atoms with Gasteiger partial charge in [0.15, 0.2) is 11.5 Å². The van der Waals surface area contributed by atoms with Crippen LogP contribution >= 0.6 is 0 Å². The van der Waals surface area contributed by atoms with Crippen molar-refractivity contribution in [3.8, 4) is 11.5 Å². The summed E-state index contributed by atoms with van der Waals surface area (Å²) in [5.74, 6) is 1.23. The van der Waals surface area contributed by atoms with Gasteiger partial charge in [-0.05, 0) is 65.4 Å². The number of hydrogen-bond donors (Lipinski definition) is 1. The smallest absolute Gasteiger partial charge is 0.162 e. The van der Waals surface area contributed by atoms with E-state index in [-0.39, 0.29) is 26.0 Å². The Hall–Kier alpha value is -3.35. The Balaban J connectivity index is 0.00000253. The fourth-order valence-electron chi connectivity index (χ4n) is 5.60. The molecule has 182 valence electrons. The molecule has 0 aliphatic carbocycles. The summed E-state index contributed by atoms with van der Waals surface area (Å²) in [4.78, 5) is 2.46. The van der Waals surface area contributed by atoms with E-state index in [9.17, 15) is 9.50 Å². The Kier molecular flexibility index (Phi) is 6.26. The van der Waals surface area contributed by atoms with Crippen molar-refractivity contribution in [2.24, 2.45) is 0 Å². The van der Waals surface area contributed by atoms with Crippen LogP contribution in [0, 0.1) is 5.82 Å². The van der Waals surface area contributed by atoms with E-state index in [0.717, 1.165) is 65.2 Å². The Labute approximate surface area is 205 Å². The minimum atomic E-state index is -0.252. The molecule has 1 unspecified atom stereocenters. The van der Waals surface area contributed by atoms with Gasteiger partial charge in [0.25, 0.3) is 0 Å². The predicted molar refractivity (Wildman–Crippen MR) is 135 cm³/mol. The van der Waals surface area contributed by atoms with Crippen LogP contribution in [0.1, 0.15) is 41.4 Å². The second-order valence-corrected chi connectivity index (χ2v) is 9.07. The zero-order valence-corrected chi connectivity index (χ0v) is 19.1. The van der Waals surface area contributed by atoms with Gasteiger partial charge in [-0.1, -0.05) is 37.8 Å². The highest BCUT2D eigenvalue weighted by Gasteiger charge is 2.36. The number of aliphatic hydroxyl groups is 1. The van der Waals surface area contributed by atoms with E-state index in [4.69, 9.17) is 9.47 Å². The van der Waals surface area contributed by atoms with E-state index >= 15 is 0 Å². The monoisotopic (exact) mass is 474 g/mol. The zero-order valence-electron chi connectivity index (χ0n) is 19.1. The van der Waals surface area contributed by atoms with Crippen molar-refractivity contribution in [3.05, 3.63) is 94.4 Å². The lowest BCUT2D eigenvalue weighted by Gasteiger charge is -2.41. The summed E-state index contributed by atoms with van der Waals surface area (Å²) in [6, 6.07) is 19.3. The van der Waals surface area contributed by atoms with Crippen LogP contribution in [0.2, 0.25) is 0 Å². The molecule has 0 fully saturated rings. The molecule has 0 saturated carbocycles. The minimum absolute atomic E-state index is 0. The molecule has 0 bridgehead atoms. The molecule has 3 heterocycles. The first kappa shape index (κ1) is 23.4. The number of benzene rings is 3. The summed E-state index contributed by atoms with van der Waals surface area (Å²) in [6.45, 7) is 2.01. The molecule has 0 amide bonds. The molecule has 5 nitrogen and oxygen atoms in total. The minimum Gasteiger partial charge on any atom is -0.493 e. The summed E-state index contributed by atoms with van der Waals surface area (Å²) in [7, 11) is 1.68.